The lowest BCUT2D eigenvalue weighted by Gasteiger charge is -2.20. The van der Waals surface area contributed by atoms with Crippen LogP contribution in [0.2, 0.25) is 0 Å². The monoisotopic (exact) mass is 208 g/mol. The summed E-state index contributed by atoms with van der Waals surface area (Å²) in [6, 6.07) is 0.431. The molecule has 0 spiro atoms. The smallest absolute Gasteiger partial charge is 0.315 e. The number of amides is 1. The van der Waals surface area contributed by atoms with Crippen LogP contribution in [0.3, 0.4) is 0 Å². The Morgan fingerprint density at radius 1 is 1.43 bits per heavy atom. The molecule has 0 aromatic rings. The first-order chi connectivity index (χ1) is 6.45. The molecule has 0 aliphatic carbocycles. The van der Waals surface area contributed by atoms with Crippen molar-refractivity contribution in [3.8, 4) is 0 Å². The van der Waals surface area contributed by atoms with E-state index in [-0.39, 0.29) is 0 Å². The fourth-order valence-corrected chi connectivity index (χ4v) is 0.875. The normalized spacial score (nSPS) is 11.4. The zero-order valence-corrected chi connectivity index (χ0v) is 8.89. The molecule has 0 unspecified atom stereocenters. The second-order valence-electron chi connectivity index (χ2n) is 3.52. The molecule has 0 heterocycles. The summed E-state index contributed by atoms with van der Waals surface area (Å²) in [6.07, 6.45) is -2.22. The molecule has 0 aliphatic heterocycles. The van der Waals surface area contributed by atoms with Crippen molar-refractivity contribution in [2.45, 2.75) is 32.7 Å². The Kier molecular flexibility index (Phi) is 6.36. The highest BCUT2D eigenvalue weighted by Gasteiger charge is 2.13. The highest BCUT2D eigenvalue weighted by molar-refractivity contribution is 5.78. The number of rotatable bonds is 6. The number of hydrogen-bond donors (Lipinski definition) is 1. The van der Waals surface area contributed by atoms with Gasteiger partial charge in [0.25, 0.3) is 5.91 Å². The van der Waals surface area contributed by atoms with Crippen LogP contribution in [0.1, 0.15) is 20.3 Å². The van der Waals surface area contributed by atoms with Gasteiger partial charge in [0.05, 0.1) is 0 Å². The minimum absolute atomic E-state index is 0.306. The maximum atomic E-state index is 11.7. The molecular formula is C9H18F2N2O. The number of hydrogen-bond acceptors (Lipinski definition) is 2. The number of alkyl halides is 2. The summed E-state index contributed by atoms with van der Waals surface area (Å²) >= 11 is 0. The fourth-order valence-electron chi connectivity index (χ4n) is 0.875. The van der Waals surface area contributed by atoms with Gasteiger partial charge in [-0.15, -0.1) is 0 Å². The Balaban J connectivity index is 3.43. The average Bonchev–Trinajstić information content (AvgIpc) is 2.11. The largest absolute Gasteiger partial charge is 0.351 e. The lowest BCUT2D eigenvalue weighted by atomic mass is 10.3. The average molecular weight is 208 g/mol. The molecule has 0 rings (SSSR count). The van der Waals surface area contributed by atoms with Gasteiger partial charge in [-0.05, 0) is 33.9 Å². The molecule has 0 aromatic carbocycles. The van der Waals surface area contributed by atoms with E-state index in [1.54, 1.807) is 0 Å². The fraction of sp³-hybridized carbons (Fsp3) is 0.889. The van der Waals surface area contributed by atoms with Gasteiger partial charge in [0.15, 0.2) is 0 Å². The van der Waals surface area contributed by atoms with Crippen molar-refractivity contribution < 1.29 is 13.6 Å². The highest BCUT2D eigenvalue weighted by Crippen LogP contribution is 1.95. The van der Waals surface area contributed by atoms with Crippen LogP contribution < -0.4 is 5.32 Å². The van der Waals surface area contributed by atoms with E-state index in [2.05, 4.69) is 24.1 Å². The molecule has 1 amide bonds. The van der Waals surface area contributed by atoms with Crippen LogP contribution in [0.25, 0.3) is 0 Å². The zero-order valence-electron chi connectivity index (χ0n) is 8.89. The summed E-state index contributed by atoms with van der Waals surface area (Å²) in [6.45, 7) is 5.21. The first kappa shape index (κ1) is 13.3. The summed E-state index contributed by atoms with van der Waals surface area (Å²) in [5.74, 6) is -1.18. The summed E-state index contributed by atoms with van der Waals surface area (Å²) in [4.78, 5) is 12.5. The van der Waals surface area contributed by atoms with Crippen LogP contribution in [0, 0.1) is 0 Å². The number of nitrogens with zero attached hydrogens (tertiary/aromatic N) is 1. The van der Waals surface area contributed by atoms with Crippen LogP contribution in [-0.2, 0) is 4.79 Å². The van der Waals surface area contributed by atoms with Crippen molar-refractivity contribution in [3.63, 3.8) is 0 Å². The van der Waals surface area contributed by atoms with E-state index < -0.39 is 12.3 Å². The van der Waals surface area contributed by atoms with Crippen molar-refractivity contribution in [2.24, 2.45) is 0 Å². The Hall–Kier alpha value is -0.710. The molecule has 0 radical (unpaired) electrons. The maximum Gasteiger partial charge on any atom is 0.315 e. The molecule has 0 bridgehead atoms. The van der Waals surface area contributed by atoms with E-state index in [9.17, 15) is 13.6 Å². The predicted molar refractivity (Wildman–Crippen MR) is 51.4 cm³/mol. The maximum absolute atomic E-state index is 11.7. The standard InChI is InChI=1S/C9H18F2N2O/c1-7(2)13(3)6-4-5-12-9(14)8(10)11/h7-8H,4-6H2,1-3H3,(H,12,14). The number of halogens is 2. The first-order valence-electron chi connectivity index (χ1n) is 4.71. The molecule has 84 valence electrons. The topological polar surface area (TPSA) is 32.3 Å². The van der Waals surface area contributed by atoms with Gasteiger partial charge in [0.1, 0.15) is 0 Å². The van der Waals surface area contributed by atoms with Gasteiger partial charge >= 0.3 is 6.43 Å². The third-order valence-electron chi connectivity index (χ3n) is 2.07. The van der Waals surface area contributed by atoms with Gasteiger partial charge in [-0.3, -0.25) is 4.79 Å². The van der Waals surface area contributed by atoms with E-state index in [0.29, 0.717) is 19.0 Å². The van der Waals surface area contributed by atoms with Crippen molar-refractivity contribution in [1.82, 2.24) is 10.2 Å². The molecule has 14 heavy (non-hydrogen) atoms. The van der Waals surface area contributed by atoms with Gasteiger partial charge in [-0.25, -0.2) is 0 Å². The molecular weight excluding hydrogens is 190 g/mol. The van der Waals surface area contributed by atoms with Gasteiger partial charge < -0.3 is 10.2 Å². The van der Waals surface area contributed by atoms with Crippen LogP contribution in [-0.4, -0.2) is 43.4 Å². The Morgan fingerprint density at radius 3 is 2.43 bits per heavy atom. The van der Waals surface area contributed by atoms with Crippen LogP contribution in [0.4, 0.5) is 8.78 Å². The first-order valence-corrected chi connectivity index (χ1v) is 4.71. The number of carbonyl (C=O) groups excluding carboxylic acids is 1. The lowest BCUT2D eigenvalue weighted by molar-refractivity contribution is -0.131. The molecule has 0 fully saturated rings. The van der Waals surface area contributed by atoms with Crippen molar-refractivity contribution in [3.05, 3.63) is 0 Å². The Labute approximate surface area is 83.5 Å². The minimum atomic E-state index is -2.90. The lowest BCUT2D eigenvalue weighted by Crippen LogP contribution is -2.33. The summed E-state index contributed by atoms with van der Waals surface area (Å²) < 4.78 is 23.4. The molecule has 5 heteroatoms. The highest BCUT2D eigenvalue weighted by atomic mass is 19.3. The number of carbonyl (C=O) groups is 1. The molecule has 0 aromatic heterocycles. The van der Waals surface area contributed by atoms with Gasteiger partial charge in [-0.1, -0.05) is 0 Å². The van der Waals surface area contributed by atoms with Crippen molar-refractivity contribution in [1.29, 1.82) is 0 Å². The number of nitrogens with one attached hydrogen (secondary N) is 1. The van der Waals surface area contributed by atoms with E-state index in [1.807, 2.05) is 7.05 Å². The summed E-state index contributed by atoms with van der Waals surface area (Å²) in [5, 5.41) is 2.16. The molecule has 1 N–H and O–H groups in total. The predicted octanol–water partition coefficient (Wildman–Crippen LogP) is 1.10. The van der Waals surface area contributed by atoms with Crippen molar-refractivity contribution in [2.75, 3.05) is 20.1 Å². The third-order valence-corrected chi connectivity index (χ3v) is 2.07. The molecule has 0 aliphatic rings. The van der Waals surface area contributed by atoms with Crippen LogP contribution in [0.5, 0.6) is 0 Å². The van der Waals surface area contributed by atoms with Gasteiger partial charge in [0, 0.05) is 12.6 Å². The Morgan fingerprint density at radius 2 is 2.00 bits per heavy atom. The van der Waals surface area contributed by atoms with Crippen LogP contribution >= 0.6 is 0 Å². The molecule has 0 saturated carbocycles. The SMILES string of the molecule is CC(C)N(C)CCCNC(=O)C(F)F. The van der Waals surface area contributed by atoms with Crippen LogP contribution in [0.15, 0.2) is 0 Å². The molecule has 3 nitrogen and oxygen atoms in total. The Bertz CT molecular complexity index is 174. The third kappa shape index (κ3) is 5.85. The van der Waals surface area contributed by atoms with Gasteiger partial charge in [0.2, 0.25) is 0 Å². The van der Waals surface area contributed by atoms with E-state index >= 15 is 0 Å². The van der Waals surface area contributed by atoms with Gasteiger partial charge in [-0.2, -0.15) is 8.78 Å². The summed E-state index contributed by atoms with van der Waals surface area (Å²) in [7, 11) is 1.96. The molecule has 0 saturated heterocycles. The zero-order chi connectivity index (χ0) is 11.1. The molecule has 0 atom stereocenters. The van der Waals surface area contributed by atoms with E-state index in [4.69, 9.17) is 0 Å². The minimum Gasteiger partial charge on any atom is -0.351 e. The second kappa shape index (κ2) is 6.70. The van der Waals surface area contributed by atoms with Crippen molar-refractivity contribution >= 4 is 5.91 Å². The second-order valence-corrected chi connectivity index (χ2v) is 3.52. The van der Waals surface area contributed by atoms with E-state index in [1.165, 1.54) is 0 Å². The quantitative estimate of drug-likeness (QED) is 0.663. The summed E-state index contributed by atoms with van der Waals surface area (Å²) in [5.41, 5.74) is 0. The van der Waals surface area contributed by atoms with E-state index in [0.717, 1.165) is 6.54 Å².